The lowest BCUT2D eigenvalue weighted by Crippen LogP contribution is -1.96. The molecule has 65 heavy (non-hydrogen) atoms. The second-order valence-electron chi connectivity index (χ2n) is 16.8. The number of rotatable bonds is 6. The Labute approximate surface area is 380 Å². The Balaban J connectivity index is 0.892. The lowest BCUT2D eigenvalue weighted by molar-refractivity contribution is 1.18. The summed E-state index contributed by atoms with van der Waals surface area (Å²) in [5.74, 6) is 0.705. The number of aromatic nitrogens is 2. The Morgan fingerprint density at radius 3 is 1.57 bits per heavy atom. The summed E-state index contributed by atoms with van der Waals surface area (Å²) in [5.41, 5.74) is 12.2. The van der Waals surface area contributed by atoms with Crippen LogP contribution in [0.5, 0.6) is 0 Å². The molecule has 0 spiro atoms. The molecular weight excluding hydrogens is 805 g/mol. The summed E-state index contributed by atoms with van der Waals surface area (Å²) in [6, 6.07) is 83.5. The van der Waals surface area contributed by atoms with Crippen LogP contribution in [0.25, 0.3) is 131 Å². The Kier molecular flexibility index (Phi) is 8.75. The number of hydrogen-bond acceptors (Lipinski definition) is 3. The van der Waals surface area contributed by atoms with Crippen LogP contribution in [0.3, 0.4) is 0 Å². The van der Waals surface area contributed by atoms with Gasteiger partial charge in [0.2, 0.25) is 0 Å². The predicted molar refractivity (Wildman–Crippen MR) is 278 cm³/mol. The second kappa shape index (κ2) is 15.2. The molecule has 11 aromatic carbocycles. The van der Waals surface area contributed by atoms with Crippen molar-refractivity contribution in [2.75, 3.05) is 0 Å². The van der Waals surface area contributed by atoms with Crippen LogP contribution in [0.2, 0.25) is 0 Å². The standard InChI is InChI=1S/C62H38N2S/c1-2-14-44(15-3-1)62-63-57(38-58(64-62)43-31-27-41(28-32-43)49-22-12-23-55-52-21-10-11-24-59(52)65-61(49)55)42-29-25-40(26-30-42)47-35-36-53(51-20-9-8-19-50(47)51)60-48-18-7-5-16-45(48)37-56-46-17-6-4-13-39(46)33-34-54(56)60/h1-38H. The summed E-state index contributed by atoms with van der Waals surface area (Å²) in [4.78, 5) is 10.3. The molecule has 0 aliphatic rings. The zero-order valence-corrected chi connectivity index (χ0v) is 36.1. The van der Waals surface area contributed by atoms with Gasteiger partial charge in [0.25, 0.3) is 0 Å². The monoisotopic (exact) mass is 842 g/mol. The van der Waals surface area contributed by atoms with Gasteiger partial charge in [0.1, 0.15) is 0 Å². The highest BCUT2D eigenvalue weighted by molar-refractivity contribution is 7.26. The molecule has 0 N–H and O–H groups in total. The van der Waals surface area contributed by atoms with E-state index in [9.17, 15) is 0 Å². The maximum absolute atomic E-state index is 5.18. The molecule has 13 rings (SSSR count). The van der Waals surface area contributed by atoms with E-state index < -0.39 is 0 Å². The van der Waals surface area contributed by atoms with Gasteiger partial charge in [0.05, 0.1) is 11.4 Å². The van der Waals surface area contributed by atoms with Crippen molar-refractivity contribution in [3.05, 3.63) is 231 Å². The molecule has 0 bridgehead atoms. The lowest BCUT2D eigenvalue weighted by Gasteiger charge is -2.17. The van der Waals surface area contributed by atoms with E-state index in [-0.39, 0.29) is 0 Å². The van der Waals surface area contributed by atoms with Gasteiger partial charge >= 0.3 is 0 Å². The smallest absolute Gasteiger partial charge is 0.160 e. The van der Waals surface area contributed by atoms with Crippen LogP contribution in [0.4, 0.5) is 0 Å². The average Bonchev–Trinajstić information content (AvgIpc) is 3.77. The number of thiophene rings is 1. The first-order valence-electron chi connectivity index (χ1n) is 22.1. The van der Waals surface area contributed by atoms with Gasteiger partial charge in [0.15, 0.2) is 5.82 Å². The normalized spacial score (nSPS) is 11.7. The van der Waals surface area contributed by atoms with Gasteiger partial charge < -0.3 is 0 Å². The van der Waals surface area contributed by atoms with Gasteiger partial charge in [-0.3, -0.25) is 0 Å². The maximum Gasteiger partial charge on any atom is 0.160 e. The van der Waals surface area contributed by atoms with E-state index in [0.717, 1.165) is 33.6 Å². The third-order valence-corrected chi connectivity index (χ3v) is 14.3. The van der Waals surface area contributed by atoms with Crippen LogP contribution < -0.4 is 0 Å². The molecule has 0 aliphatic heterocycles. The summed E-state index contributed by atoms with van der Waals surface area (Å²) in [6.45, 7) is 0. The van der Waals surface area contributed by atoms with Crippen molar-refractivity contribution in [1.29, 1.82) is 0 Å². The molecule has 13 aromatic rings. The lowest BCUT2D eigenvalue weighted by atomic mass is 9.86. The Morgan fingerprint density at radius 2 is 0.831 bits per heavy atom. The summed E-state index contributed by atoms with van der Waals surface area (Å²) < 4.78 is 2.63. The van der Waals surface area contributed by atoms with Crippen molar-refractivity contribution in [1.82, 2.24) is 9.97 Å². The van der Waals surface area contributed by atoms with E-state index in [1.807, 2.05) is 29.5 Å². The average molecular weight is 843 g/mol. The molecule has 0 fully saturated rings. The van der Waals surface area contributed by atoms with E-state index in [4.69, 9.17) is 9.97 Å². The molecule has 0 amide bonds. The van der Waals surface area contributed by atoms with Crippen molar-refractivity contribution in [3.63, 3.8) is 0 Å². The minimum atomic E-state index is 0.705. The quantitative estimate of drug-likeness (QED) is 0.123. The number of nitrogens with zero attached hydrogens (tertiary/aromatic N) is 2. The van der Waals surface area contributed by atoms with Crippen molar-refractivity contribution in [2.24, 2.45) is 0 Å². The molecule has 3 heteroatoms. The van der Waals surface area contributed by atoms with Crippen molar-refractivity contribution >= 4 is 74.6 Å². The third-order valence-electron chi connectivity index (χ3n) is 13.1. The minimum Gasteiger partial charge on any atom is -0.228 e. The SMILES string of the molecule is c1ccc(-c2nc(-c3ccc(-c4ccc(-c5c6ccccc6cc6c5ccc5ccccc56)c5ccccc45)cc3)cc(-c3ccc(-c4cccc5c4sc4ccccc45)cc3)n2)cc1. The van der Waals surface area contributed by atoms with Gasteiger partial charge in [-0.1, -0.05) is 212 Å². The third kappa shape index (κ3) is 6.31. The molecule has 2 aromatic heterocycles. The van der Waals surface area contributed by atoms with Gasteiger partial charge in [-0.15, -0.1) is 11.3 Å². The zero-order chi connectivity index (χ0) is 42.8. The molecule has 0 aliphatic carbocycles. The summed E-state index contributed by atoms with van der Waals surface area (Å²) in [7, 11) is 0. The van der Waals surface area contributed by atoms with Gasteiger partial charge in [-0.25, -0.2) is 9.97 Å². The van der Waals surface area contributed by atoms with Crippen molar-refractivity contribution in [3.8, 4) is 67.3 Å². The van der Waals surface area contributed by atoms with E-state index >= 15 is 0 Å². The molecule has 0 saturated carbocycles. The maximum atomic E-state index is 5.18. The highest BCUT2D eigenvalue weighted by Crippen LogP contribution is 2.45. The van der Waals surface area contributed by atoms with Gasteiger partial charge in [-0.05, 0) is 94.7 Å². The molecule has 0 radical (unpaired) electrons. The molecule has 0 saturated heterocycles. The summed E-state index contributed by atoms with van der Waals surface area (Å²) in [5, 5.41) is 12.7. The van der Waals surface area contributed by atoms with Crippen LogP contribution in [0.15, 0.2) is 231 Å². The molecule has 2 nitrogen and oxygen atoms in total. The largest absolute Gasteiger partial charge is 0.228 e. The molecular formula is C62H38N2S. The summed E-state index contributed by atoms with van der Waals surface area (Å²) >= 11 is 1.86. The van der Waals surface area contributed by atoms with Crippen molar-refractivity contribution < 1.29 is 0 Å². The molecule has 302 valence electrons. The first kappa shape index (κ1) is 37.3. The topological polar surface area (TPSA) is 25.8 Å². The second-order valence-corrected chi connectivity index (χ2v) is 17.9. The number of benzene rings is 11. The highest BCUT2D eigenvalue weighted by atomic mass is 32.1. The Morgan fingerprint density at radius 1 is 0.277 bits per heavy atom. The molecule has 0 unspecified atom stereocenters. The van der Waals surface area contributed by atoms with Crippen LogP contribution in [0.1, 0.15) is 0 Å². The van der Waals surface area contributed by atoms with Crippen LogP contribution >= 0.6 is 11.3 Å². The Hall–Kier alpha value is -8.24. The molecule has 0 atom stereocenters. The fraction of sp³-hybridized carbons (Fsp3) is 0. The van der Waals surface area contributed by atoms with Crippen LogP contribution in [-0.4, -0.2) is 9.97 Å². The summed E-state index contributed by atoms with van der Waals surface area (Å²) in [6.07, 6.45) is 0. The number of fused-ring (bicyclic) bond motifs is 8. The first-order valence-corrected chi connectivity index (χ1v) is 23.0. The fourth-order valence-corrected chi connectivity index (χ4v) is 11.2. The highest BCUT2D eigenvalue weighted by Gasteiger charge is 2.18. The first-order chi connectivity index (χ1) is 32.2. The van der Waals surface area contributed by atoms with E-state index in [2.05, 4.69) is 212 Å². The Bertz CT molecular complexity index is 3980. The van der Waals surface area contributed by atoms with Crippen LogP contribution in [0, 0.1) is 0 Å². The van der Waals surface area contributed by atoms with Crippen LogP contribution in [-0.2, 0) is 0 Å². The van der Waals surface area contributed by atoms with Gasteiger partial charge in [0, 0.05) is 36.9 Å². The van der Waals surface area contributed by atoms with Gasteiger partial charge in [-0.2, -0.15) is 0 Å². The zero-order valence-electron chi connectivity index (χ0n) is 35.2. The minimum absolute atomic E-state index is 0.705. The number of hydrogen-bond donors (Lipinski definition) is 0. The van der Waals surface area contributed by atoms with E-state index in [1.54, 1.807) is 0 Å². The van der Waals surface area contributed by atoms with Crippen molar-refractivity contribution in [2.45, 2.75) is 0 Å². The van der Waals surface area contributed by atoms with E-state index in [1.165, 1.54) is 91.1 Å². The van der Waals surface area contributed by atoms with E-state index in [0.29, 0.717) is 5.82 Å². The predicted octanol–water partition coefficient (Wildman–Crippen LogP) is 17.5. The fourth-order valence-electron chi connectivity index (χ4n) is 9.95. The molecule has 2 heterocycles.